The molecule has 1 fully saturated rings. The van der Waals surface area contributed by atoms with E-state index in [2.05, 4.69) is 33.2 Å². The maximum absolute atomic E-state index is 13.2. The van der Waals surface area contributed by atoms with Crippen LogP contribution in [0, 0.1) is 0 Å². The number of urea groups is 1. The van der Waals surface area contributed by atoms with Crippen molar-refractivity contribution in [3.8, 4) is 5.75 Å². The summed E-state index contributed by atoms with van der Waals surface area (Å²) in [7, 11) is 0. The molecule has 3 heterocycles. The van der Waals surface area contributed by atoms with Crippen molar-refractivity contribution in [2.24, 2.45) is 0 Å². The van der Waals surface area contributed by atoms with Gasteiger partial charge in [0.15, 0.2) is 0 Å². The normalized spacial score (nSPS) is 14.9. The zero-order valence-electron chi connectivity index (χ0n) is 31.5. The van der Waals surface area contributed by atoms with E-state index in [1.165, 1.54) is 0 Å². The van der Waals surface area contributed by atoms with Crippen molar-refractivity contribution in [3.63, 3.8) is 0 Å². The number of hydrogen-bond acceptors (Lipinski definition) is 11. The number of carbonyl (C=O) groups is 6. The van der Waals surface area contributed by atoms with Crippen LogP contribution in [-0.2, 0) is 29.2 Å². The Bertz CT molecular complexity index is 2100. The Morgan fingerprint density at radius 2 is 1.68 bits per heavy atom. The van der Waals surface area contributed by atoms with Gasteiger partial charge in [-0.15, -0.1) is 5.10 Å². The molecule has 1 atom stereocenters. The van der Waals surface area contributed by atoms with E-state index in [1.54, 1.807) is 69.7 Å². The van der Waals surface area contributed by atoms with Crippen molar-refractivity contribution in [1.29, 1.82) is 0 Å². The fourth-order valence-corrected chi connectivity index (χ4v) is 6.53. The first-order valence-corrected chi connectivity index (χ1v) is 18.9. The lowest BCUT2D eigenvalue weighted by Gasteiger charge is -2.27. The number of imide groups is 2. The molecule has 298 valence electrons. The molecule has 1 aromatic heterocycles. The molecule has 57 heavy (non-hydrogen) atoms. The van der Waals surface area contributed by atoms with Gasteiger partial charge in [-0.25, -0.2) is 10.3 Å². The molecule has 0 radical (unpaired) electrons. The molecule has 0 saturated carbocycles. The molecule has 1 saturated heterocycles. The summed E-state index contributed by atoms with van der Waals surface area (Å²) in [6.45, 7) is 4.54. The first kappa shape index (κ1) is 40.1. The molecule has 7 amide bonds. The number of piperidine rings is 1. The minimum Gasteiger partial charge on any atom is -0.494 e. The Balaban J connectivity index is 0.886. The highest BCUT2D eigenvalue weighted by atomic mass is 16.5. The third-order valence-electron chi connectivity index (χ3n) is 9.67. The molecule has 4 aromatic rings. The number of rotatable bonds is 18. The topological polar surface area (TPSA) is 217 Å². The van der Waals surface area contributed by atoms with Gasteiger partial charge < -0.3 is 20.3 Å². The smallest absolute Gasteiger partial charge is 0.322 e. The van der Waals surface area contributed by atoms with E-state index >= 15 is 0 Å². The van der Waals surface area contributed by atoms with Crippen LogP contribution in [0.1, 0.15) is 94.2 Å². The lowest BCUT2D eigenvalue weighted by Crippen LogP contribution is -2.54. The molecule has 2 aliphatic rings. The van der Waals surface area contributed by atoms with Gasteiger partial charge in [-0.05, 0) is 92.3 Å². The third kappa shape index (κ3) is 10.2. The highest BCUT2D eigenvalue weighted by Gasteiger charge is 2.44. The Kier molecular flexibility index (Phi) is 13.2. The summed E-state index contributed by atoms with van der Waals surface area (Å²) in [4.78, 5) is 77.3. The third-order valence-corrected chi connectivity index (χ3v) is 9.67. The monoisotopic (exact) mass is 779 g/mol. The molecule has 5 N–H and O–H groups in total. The van der Waals surface area contributed by atoms with Gasteiger partial charge in [0.05, 0.1) is 30.5 Å². The molecule has 17 nitrogen and oxygen atoms in total. The maximum atomic E-state index is 13.2. The standard InChI is InChI=1S/C40H45N9O8/c1-2-3-19-47(24-26-7-9-27(10-8-26)36(51)45-56)40(55)42-28-11-14-31(15-12-28)57-21-6-4-5-20-48-25-30(44-46-48)23-41-29-13-16-32-33(22-29)39(54)49(38(32)53)34-17-18-35(50)43-37(34)52/h7-16,22,25,34,41,56H,2-6,17-21,23-24H2,1H3,(H,42,55)(H,45,51)(H,43,50,52). The molecule has 3 aromatic carbocycles. The minimum atomic E-state index is -1.01. The van der Waals surface area contributed by atoms with E-state index in [0.717, 1.165) is 42.6 Å². The summed E-state index contributed by atoms with van der Waals surface area (Å²) in [6.07, 6.45) is 6.38. The predicted molar refractivity (Wildman–Crippen MR) is 206 cm³/mol. The van der Waals surface area contributed by atoms with Crippen molar-refractivity contribution >= 4 is 46.9 Å². The largest absolute Gasteiger partial charge is 0.494 e. The van der Waals surface area contributed by atoms with E-state index < -0.39 is 35.6 Å². The Labute approximate surface area is 328 Å². The van der Waals surface area contributed by atoms with Crippen molar-refractivity contribution in [1.82, 2.24) is 35.6 Å². The second-order valence-corrected chi connectivity index (χ2v) is 13.8. The van der Waals surface area contributed by atoms with Gasteiger partial charge >= 0.3 is 6.03 Å². The van der Waals surface area contributed by atoms with Crippen LogP contribution in [0.2, 0.25) is 0 Å². The molecule has 6 rings (SSSR count). The van der Waals surface area contributed by atoms with Gasteiger partial charge in [-0.1, -0.05) is 30.7 Å². The van der Waals surface area contributed by atoms with Crippen LogP contribution in [0.25, 0.3) is 0 Å². The molecular formula is C40H45N9O8. The molecule has 0 aliphatic carbocycles. The number of aryl methyl sites for hydroxylation is 1. The predicted octanol–water partition coefficient (Wildman–Crippen LogP) is 4.49. The summed E-state index contributed by atoms with van der Waals surface area (Å²) in [6, 6.07) is 17.5. The number of benzene rings is 3. The second-order valence-electron chi connectivity index (χ2n) is 13.8. The summed E-state index contributed by atoms with van der Waals surface area (Å²) in [5.41, 5.74) is 5.15. The van der Waals surface area contributed by atoms with Crippen LogP contribution in [-0.4, -0.2) is 84.8 Å². The Hall–Kier alpha value is -6.62. The highest BCUT2D eigenvalue weighted by Crippen LogP contribution is 2.30. The summed E-state index contributed by atoms with van der Waals surface area (Å²) < 4.78 is 7.68. The van der Waals surface area contributed by atoms with Crippen LogP contribution in [0.3, 0.4) is 0 Å². The maximum Gasteiger partial charge on any atom is 0.322 e. The van der Waals surface area contributed by atoms with Crippen LogP contribution in [0.15, 0.2) is 72.9 Å². The van der Waals surface area contributed by atoms with Gasteiger partial charge in [0.2, 0.25) is 11.8 Å². The summed E-state index contributed by atoms with van der Waals surface area (Å²) >= 11 is 0. The second kappa shape index (κ2) is 18.8. The Morgan fingerprint density at radius 1 is 0.930 bits per heavy atom. The van der Waals surface area contributed by atoms with Gasteiger partial charge in [0.1, 0.15) is 17.5 Å². The minimum absolute atomic E-state index is 0.0598. The van der Waals surface area contributed by atoms with E-state index in [-0.39, 0.29) is 30.0 Å². The Morgan fingerprint density at radius 3 is 2.42 bits per heavy atom. The first-order chi connectivity index (χ1) is 27.6. The number of carbonyl (C=O) groups excluding carboxylic acids is 6. The number of nitrogens with zero attached hydrogens (tertiary/aromatic N) is 5. The lowest BCUT2D eigenvalue weighted by atomic mass is 10.0. The zero-order valence-corrected chi connectivity index (χ0v) is 31.5. The first-order valence-electron chi connectivity index (χ1n) is 18.9. The zero-order chi connectivity index (χ0) is 40.3. The van der Waals surface area contributed by atoms with Crippen LogP contribution in [0.5, 0.6) is 5.75 Å². The average Bonchev–Trinajstić information content (AvgIpc) is 3.77. The number of hydrogen-bond donors (Lipinski definition) is 5. The molecule has 0 spiro atoms. The van der Waals surface area contributed by atoms with E-state index in [1.807, 2.05) is 18.3 Å². The molecule has 2 aliphatic heterocycles. The number of amides is 7. The van der Waals surface area contributed by atoms with E-state index in [9.17, 15) is 28.8 Å². The van der Waals surface area contributed by atoms with Crippen LogP contribution in [0.4, 0.5) is 16.2 Å². The number of hydroxylamine groups is 1. The lowest BCUT2D eigenvalue weighted by molar-refractivity contribution is -0.136. The van der Waals surface area contributed by atoms with Gasteiger partial charge in [-0.3, -0.25) is 44.1 Å². The molecule has 1 unspecified atom stereocenters. The average molecular weight is 780 g/mol. The molecular weight excluding hydrogens is 734 g/mol. The van der Waals surface area contributed by atoms with E-state index in [4.69, 9.17) is 9.94 Å². The highest BCUT2D eigenvalue weighted by molar-refractivity contribution is 6.23. The number of anilines is 2. The quantitative estimate of drug-likeness (QED) is 0.0410. The van der Waals surface area contributed by atoms with Crippen molar-refractivity contribution in [2.45, 2.75) is 77.5 Å². The summed E-state index contributed by atoms with van der Waals surface area (Å²) in [5, 5.41) is 25.6. The molecule has 0 bridgehead atoms. The van der Waals surface area contributed by atoms with Gasteiger partial charge in [0.25, 0.3) is 17.7 Å². The fraction of sp³-hybridized carbons (Fsp3) is 0.350. The van der Waals surface area contributed by atoms with Gasteiger partial charge in [0, 0.05) is 43.0 Å². The number of aromatic nitrogens is 3. The molecule has 17 heteroatoms. The van der Waals surface area contributed by atoms with Gasteiger partial charge in [-0.2, -0.15) is 0 Å². The van der Waals surface area contributed by atoms with Crippen molar-refractivity contribution in [3.05, 3.63) is 101 Å². The summed E-state index contributed by atoms with van der Waals surface area (Å²) in [5.74, 6) is -2.09. The van der Waals surface area contributed by atoms with Crippen LogP contribution >= 0.6 is 0 Å². The number of ether oxygens (including phenoxy) is 1. The number of nitrogens with one attached hydrogen (secondary N) is 4. The number of fused-ring (bicyclic) bond motifs is 1. The van der Waals surface area contributed by atoms with Crippen molar-refractivity contribution in [2.75, 3.05) is 23.8 Å². The number of unbranched alkanes of at least 4 members (excludes halogenated alkanes) is 3. The van der Waals surface area contributed by atoms with E-state index in [0.29, 0.717) is 61.2 Å². The SMILES string of the molecule is CCCCN(Cc1ccc(C(=O)NO)cc1)C(=O)Nc1ccc(OCCCCCn2cc(CNc3ccc4c(c3)C(=O)N(C3CCC(=O)NC3=O)C4=O)nn2)cc1. The van der Waals surface area contributed by atoms with Crippen LogP contribution < -0.4 is 26.2 Å². The van der Waals surface area contributed by atoms with Crippen molar-refractivity contribution < 1.29 is 38.7 Å². The fourth-order valence-electron chi connectivity index (χ4n) is 6.53.